The molecule has 0 aliphatic carbocycles. The monoisotopic (exact) mass is 506 g/mol. The molecule has 3 aromatic rings. The third-order valence-electron chi connectivity index (χ3n) is 4.57. The highest BCUT2D eigenvalue weighted by molar-refractivity contribution is 9.10. The largest absolute Gasteiger partial charge is 0.463 e. The fourth-order valence-electron chi connectivity index (χ4n) is 3.29. The minimum Gasteiger partial charge on any atom is -0.463 e. The maximum Gasteiger partial charge on any atom is 0.338 e. The average molecular weight is 508 g/mol. The molecular formula is C21H16BrClN2O4S. The Morgan fingerprint density at radius 1 is 1.33 bits per heavy atom. The van der Waals surface area contributed by atoms with E-state index in [9.17, 15) is 9.59 Å². The molecule has 3 heterocycles. The summed E-state index contributed by atoms with van der Waals surface area (Å²) in [6, 6.07) is 9.90. The molecule has 0 spiro atoms. The highest BCUT2D eigenvalue weighted by atomic mass is 79.9. The van der Waals surface area contributed by atoms with E-state index in [-0.39, 0.29) is 12.2 Å². The first-order valence-corrected chi connectivity index (χ1v) is 11.1. The summed E-state index contributed by atoms with van der Waals surface area (Å²) < 4.78 is 13.3. The Bertz CT molecular complexity index is 1330. The molecule has 0 radical (unpaired) electrons. The number of carbonyl (C=O) groups is 1. The van der Waals surface area contributed by atoms with Gasteiger partial charge in [0.2, 0.25) is 0 Å². The van der Waals surface area contributed by atoms with Crippen molar-refractivity contribution in [1.82, 2.24) is 4.57 Å². The summed E-state index contributed by atoms with van der Waals surface area (Å²) in [5, 5.41) is 0.563. The van der Waals surface area contributed by atoms with Crippen LogP contribution < -0.4 is 14.9 Å². The van der Waals surface area contributed by atoms with Gasteiger partial charge in [0.1, 0.15) is 5.76 Å². The van der Waals surface area contributed by atoms with Crippen LogP contribution in [0.2, 0.25) is 5.02 Å². The van der Waals surface area contributed by atoms with E-state index in [0.717, 1.165) is 5.56 Å². The van der Waals surface area contributed by atoms with Gasteiger partial charge in [-0.1, -0.05) is 35.1 Å². The van der Waals surface area contributed by atoms with Crippen molar-refractivity contribution in [3.8, 4) is 0 Å². The van der Waals surface area contributed by atoms with Gasteiger partial charge in [0.15, 0.2) is 9.47 Å². The van der Waals surface area contributed by atoms with E-state index >= 15 is 0 Å². The van der Waals surface area contributed by atoms with Crippen molar-refractivity contribution in [2.45, 2.75) is 19.9 Å². The number of thiazole rings is 1. The van der Waals surface area contributed by atoms with Crippen molar-refractivity contribution < 1.29 is 13.9 Å². The Hall–Kier alpha value is -2.42. The SMILES string of the molecule is CCOC(=O)C1=C(C)N=c2s/c(=C/c3ccc(Br)o3)c(=O)n2[C@@H]1c1ccc(Cl)cc1. The maximum absolute atomic E-state index is 13.3. The van der Waals surface area contributed by atoms with E-state index in [1.807, 2.05) is 0 Å². The van der Waals surface area contributed by atoms with Gasteiger partial charge in [0.25, 0.3) is 5.56 Å². The highest BCUT2D eigenvalue weighted by Crippen LogP contribution is 2.31. The minimum absolute atomic E-state index is 0.223. The lowest BCUT2D eigenvalue weighted by Crippen LogP contribution is -2.39. The molecule has 4 rings (SSSR count). The smallest absolute Gasteiger partial charge is 0.338 e. The summed E-state index contributed by atoms with van der Waals surface area (Å²) in [6.07, 6.45) is 1.66. The number of aromatic nitrogens is 1. The molecule has 0 fully saturated rings. The molecule has 0 saturated carbocycles. The zero-order valence-corrected chi connectivity index (χ0v) is 19.2. The van der Waals surface area contributed by atoms with Crippen molar-refractivity contribution in [2.75, 3.05) is 6.61 Å². The van der Waals surface area contributed by atoms with Gasteiger partial charge in [0, 0.05) is 11.1 Å². The number of carbonyl (C=O) groups excluding carboxylic acids is 1. The van der Waals surface area contributed by atoms with Crippen LogP contribution in [0.1, 0.15) is 31.2 Å². The van der Waals surface area contributed by atoms with E-state index in [1.54, 1.807) is 56.3 Å². The fraction of sp³-hybridized carbons (Fsp3) is 0.190. The molecule has 0 unspecified atom stereocenters. The summed E-state index contributed by atoms with van der Waals surface area (Å²) in [7, 11) is 0. The van der Waals surface area contributed by atoms with Crippen molar-refractivity contribution in [1.29, 1.82) is 0 Å². The second-order valence-electron chi connectivity index (χ2n) is 6.50. The minimum atomic E-state index is -0.664. The van der Waals surface area contributed by atoms with E-state index in [4.69, 9.17) is 20.8 Å². The number of fused-ring (bicyclic) bond motifs is 1. The molecule has 2 aromatic heterocycles. The van der Waals surface area contributed by atoms with Crippen LogP contribution in [0.4, 0.5) is 0 Å². The predicted molar refractivity (Wildman–Crippen MR) is 118 cm³/mol. The third-order valence-corrected chi connectivity index (χ3v) is 6.23. The van der Waals surface area contributed by atoms with Crippen molar-refractivity contribution in [3.05, 3.63) is 88.4 Å². The number of hydrogen-bond acceptors (Lipinski definition) is 6. The van der Waals surface area contributed by atoms with Crippen molar-refractivity contribution in [2.24, 2.45) is 4.99 Å². The van der Waals surface area contributed by atoms with Gasteiger partial charge in [-0.3, -0.25) is 9.36 Å². The van der Waals surface area contributed by atoms with Gasteiger partial charge in [-0.25, -0.2) is 9.79 Å². The number of esters is 1. The average Bonchev–Trinajstić information content (AvgIpc) is 3.24. The maximum atomic E-state index is 13.3. The number of halogens is 2. The molecule has 6 nitrogen and oxygen atoms in total. The number of furan rings is 1. The molecular weight excluding hydrogens is 492 g/mol. The lowest BCUT2D eigenvalue weighted by Gasteiger charge is -2.24. The van der Waals surface area contributed by atoms with Gasteiger partial charge in [-0.15, -0.1) is 0 Å². The van der Waals surface area contributed by atoms with E-state index < -0.39 is 12.0 Å². The molecule has 0 amide bonds. The second-order valence-corrected chi connectivity index (χ2v) is 8.72. The van der Waals surface area contributed by atoms with Crippen LogP contribution in [0.5, 0.6) is 0 Å². The Morgan fingerprint density at radius 3 is 2.70 bits per heavy atom. The van der Waals surface area contributed by atoms with Gasteiger partial charge in [0.05, 0.1) is 28.5 Å². The lowest BCUT2D eigenvalue weighted by atomic mass is 9.96. The molecule has 30 heavy (non-hydrogen) atoms. The van der Waals surface area contributed by atoms with Gasteiger partial charge in [-0.2, -0.15) is 0 Å². The van der Waals surface area contributed by atoms with Crippen LogP contribution in [0.3, 0.4) is 0 Å². The summed E-state index contributed by atoms with van der Waals surface area (Å²) in [4.78, 5) is 31.1. The van der Waals surface area contributed by atoms with Gasteiger partial charge < -0.3 is 9.15 Å². The number of ether oxygens (including phenoxy) is 1. The summed E-state index contributed by atoms with van der Waals surface area (Å²) in [5.74, 6) is 0.0412. The first-order valence-electron chi connectivity index (χ1n) is 9.09. The Morgan fingerprint density at radius 2 is 2.07 bits per heavy atom. The number of allylic oxidation sites excluding steroid dienone is 1. The molecule has 1 aliphatic heterocycles. The normalized spacial score (nSPS) is 16.4. The molecule has 1 atom stereocenters. The van der Waals surface area contributed by atoms with Crippen LogP contribution >= 0.6 is 38.9 Å². The Balaban J connectivity index is 1.96. The summed E-state index contributed by atoms with van der Waals surface area (Å²) >= 11 is 10.5. The molecule has 1 aliphatic rings. The summed E-state index contributed by atoms with van der Waals surface area (Å²) in [5.41, 5.74) is 1.33. The number of hydrogen-bond donors (Lipinski definition) is 0. The molecule has 0 bridgehead atoms. The zero-order valence-electron chi connectivity index (χ0n) is 16.0. The van der Waals surface area contributed by atoms with Crippen LogP contribution in [-0.2, 0) is 9.53 Å². The van der Waals surface area contributed by atoms with E-state index in [1.165, 1.54) is 15.9 Å². The first-order chi connectivity index (χ1) is 14.4. The number of nitrogens with zero attached hydrogens (tertiary/aromatic N) is 2. The quantitative estimate of drug-likeness (QED) is 0.504. The van der Waals surface area contributed by atoms with Crippen LogP contribution in [-0.4, -0.2) is 17.1 Å². The van der Waals surface area contributed by atoms with Crippen LogP contribution in [0.15, 0.2) is 66.5 Å². The zero-order chi connectivity index (χ0) is 21.4. The molecule has 154 valence electrons. The first kappa shape index (κ1) is 20.8. The Labute approximate surface area is 188 Å². The number of rotatable bonds is 4. The lowest BCUT2D eigenvalue weighted by molar-refractivity contribution is -0.139. The standard InChI is InChI=1S/C21H16BrClN2O4S/c1-3-28-20(27)17-11(2)24-21-25(18(17)12-4-6-13(23)7-5-12)19(26)15(30-21)10-14-8-9-16(22)29-14/h4-10,18H,3H2,1-2H3/b15-10+/t18-/m1/s1. The summed E-state index contributed by atoms with van der Waals surface area (Å²) in [6.45, 7) is 3.71. The highest BCUT2D eigenvalue weighted by Gasteiger charge is 2.33. The van der Waals surface area contributed by atoms with Crippen LogP contribution in [0, 0.1) is 0 Å². The van der Waals surface area contributed by atoms with E-state index in [0.29, 0.717) is 36.1 Å². The van der Waals surface area contributed by atoms with Gasteiger partial charge in [-0.05, 0) is 59.6 Å². The molecule has 1 aromatic carbocycles. The predicted octanol–water partition coefficient (Wildman–Crippen LogP) is 3.81. The Kier molecular flexibility index (Phi) is 5.81. The van der Waals surface area contributed by atoms with Crippen molar-refractivity contribution >= 4 is 50.9 Å². The molecule has 0 N–H and O–H groups in total. The third kappa shape index (κ3) is 3.82. The topological polar surface area (TPSA) is 73.8 Å². The van der Waals surface area contributed by atoms with Crippen molar-refractivity contribution in [3.63, 3.8) is 0 Å². The molecule has 9 heteroatoms. The van der Waals surface area contributed by atoms with E-state index in [2.05, 4.69) is 20.9 Å². The molecule has 0 saturated heterocycles. The van der Waals surface area contributed by atoms with Gasteiger partial charge >= 0.3 is 5.97 Å². The second kappa shape index (κ2) is 8.37. The van der Waals surface area contributed by atoms with Crippen LogP contribution in [0.25, 0.3) is 6.08 Å². The number of benzene rings is 1. The fourth-order valence-corrected chi connectivity index (χ4v) is 4.76.